The predicted octanol–water partition coefficient (Wildman–Crippen LogP) is 6.39. The molecule has 2 heterocycles. The third-order valence-electron chi connectivity index (χ3n) is 6.85. The van der Waals surface area contributed by atoms with E-state index in [-0.39, 0.29) is 29.3 Å². The summed E-state index contributed by atoms with van der Waals surface area (Å²) >= 11 is 0. The van der Waals surface area contributed by atoms with Crippen LogP contribution >= 0.6 is 0 Å². The standard InChI is InChI=1S/C31H35N5O5/c1-19-34-28(36-41-19)27-32-17-26(18-33-27)39-23-13-9-21(10-14-23)31(5,6)20-7-11-22(12-8-20)38-24-15-25(16-24)40-29(37)35-30(2,3)4/h7-14,17-18,24-25H,15-16H2,1-6H3,(H,35,37). The van der Waals surface area contributed by atoms with E-state index in [4.69, 9.17) is 18.7 Å². The highest BCUT2D eigenvalue weighted by atomic mass is 16.6. The second-order valence-corrected chi connectivity index (χ2v) is 11.8. The maximum absolute atomic E-state index is 11.9. The molecule has 0 spiro atoms. The predicted molar refractivity (Wildman–Crippen MR) is 152 cm³/mol. The number of nitrogens with zero attached hydrogens (tertiary/aromatic N) is 4. The molecule has 0 atom stereocenters. The van der Waals surface area contributed by atoms with Crippen LogP contribution in [0.5, 0.6) is 17.2 Å². The highest BCUT2D eigenvalue weighted by Crippen LogP contribution is 2.35. The first-order chi connectivity index (χ1) is 19.4. The van der Waals surface area contributed by atoms with Crippen LogP contribution in [0.1, 0.15) is 64.5 Å². The maximum Gasteiger partial charge on any atom is 0.407 e. The van der Waals surface area contributed by atoms with Gasteiger partial charge in [-0.3, -0.25) is 0 Å². The average Bonchev–Trinajstić information content (AvgIpc) is 3.33. The molecule has 0 bridgehead atoms. The maximum atomic E-state index is 11.9. The van der Waals surface area contributed by atoms with E-state index in [0.29, 0.717) is 41.9 Å². The Morgan fingerprint density at radius 3 is 1.95 bits per heavy atom. The lowest BCUT2D eigenvalue weighted by Gasteiger charge is -2.35. The van der Waals surface area contributed by atoms with Crippen molar-refractivity contribution in [2.45, 2.75) is 77.5 Å². The first-order valence-corrected chi connectivity index (χ1v) is 13.6. The first-order valence-electron chi connectivity index (χ1n) is 13.6. The molecule has 1 fully saturated rings. The highest BCUT2D eigenvalue weighted by molar-refractivity contribution is 5.68. The molecule has 0 unspecified atom stereocenters. The number of hydrogen-bond donors (Lipinski definition) is 1. The van der Waals surface area contributed by atoms with Crippen LogP contribution < -0.4 is 14.8 Å². The van der Waals surface area contributed by atoms with Gasteiger partial charge < -0.3 is 24.1 Å². The van der Waals surface area contributed by atoms with Gasteiger partial charge in [0.1, 0.15) is 23.7 Å². The third-order valence-corrected chi connectivity index (χ3v) is 6.85. The van der Waals surface area contributed by atoms with Crippen LogP contribution in [0.3, 0.4) is 0 Å². The van der Waals surface area contributed by atoms with Crippen LogP contribution in [-0.4, -0.2) is 43.9 Å². The number of alkyl carbamates (subject to hydrolysis) is 1. The smallest absolute Gasteiger partial charge is 0.407 e. The summed E-state index contributed by atoms with van der Waals surface area (Å²) in [5.74, 6) is 3.15. The minimum absolute atomic E-state index is 0.0404. The van der Waals surface area contributed by atoms with Gasteiger partial charge >= 0.3 is 6.09 Å². The molecule has 1 aliphatic rings. The Kier molecular flexibility index (Phi) is 7.66. The van der Waals surface area contributed by atoms with Crippen molar-refractivity contribution in [2.24, 2.45) is 0 Å². The quantitative estimate of drug-likeness (QED) is 0.263. The van der Waals surface area contributed by atoms with Gasteiger partial charge in [0.15, 0.2) is 5.75 Å². The number of rotatable bonds is 8. The van der Waals surface area contributed by atoms with E-state index < -0.39 is 0 Å². The van der Waals surface area contributed by atoms with E-state index in [9.17, 15) is 4.79 Å². The zero-order chi connectivity index (χ0) is 29.2. The molecule has 214 valence electrons. The molecule has 1 N–H and O–H groups in total. The number of aryl methyl sites for hydroxylation is 1. The van der Waals surface area contributed by atoms with Crippen LogP contribution in [0.2, 0.25) is 0 Å². The Morgan fingerprint density at radius 2 is 1.41 bits per heavy atom. The van der Waals surface area contributed by atoms with Gasteiger partial charge in [-0.05, 0) is 56.2 Å². The number of amides is 1. The second-order valence-electron chi connectivity index (χ2n) is 11.8. The van der Waals surface area contributed by atoms with Gasteiger partial charge in [-0.25, -0.2) is 14.8 Å². The zero-order valence-corrected chi connectivity index (χ0v) is 24.2. The lowest BCUT2D eigenvalue weighted by molar-refractivity contribution is -0.0243. The topological polar surface area (TPSA) is 121 Å². The molecular formula is C31H35N5O5. The van der Waals surface area contributed by atoms with E-state index in [1.807, 2.05) is 45.0 Å². The second kappa shape index (κ2) is 11.2. The molecule has 0 aliphatic heterocycles. The van der Waals surface area contributed by atoms with Crippen LogP contribution in [0.15, 0.2) is 65.4 Å². The fourth-order valence-electron chi connectivity index (χ4n) is 4.46. The summed E-state index contributed by atoms with van der Waals surface area (Å²) in [5.41, 5.74) is 1.75. The van der Waals surface area contributed by atoms with Crippen LogP contribution in [0, 0.1) is 6.92 Å². The fourth-order valence-corrected chi connectivity index (χ4v) is 4.46. The largest absolute Gasteiger partial charge is 0.490 e. The van der Waals surface area contributed by atoms with Crippen LogP contribution in [-0.2, 0) is 10.2 Å². The number of benzene rings is 2. The molecule has 2 aromatic heterocycles. The van der Waals surface area contributed by atoms with Crippen molar-refractivity contribution in [3.8, 4) is 28.9 Å². The zero-order valence-electron chi connectivity index (χ0n) is 24.2. The van der Waals surface area contributed by atoms with Crippen molar-refractivity contribution in [2.75, 3.05) is 0 Å². The Balaban J connectivity index is 1.13. The Bertz CT molecular complexity index is 1470. The van der Waals surface area contributed by atoms with Gasteiger partial charge in [-0.1, -0.05) is 43.3 Å². The molecule has 0 radical (unpaired) electrons. The first kappa shape index (κ1) is 28.1. The normalized spacial score (nSPS) is 16.9. The van der Waals surface area contributed by atoms with Crippen LogP contribution in [0.25, 0.3) is 11.6 Å². The summed E-state index contributed by atoms with van der Waals surface area (Å²) < 4.78 is 22.5. The molecule has 41 heavy (non-hydrogen) atoms. The minimum atomic E-state index is -0.383. The van der Waals surface area contributed by atoms with Crippen molar-refractivity contribution in [3.05, 3.63) is 77.9 Å². The molecule has 1 aliphatic carbocycles. The lowest BCUT2D eigenvalue weighted by Crippen LogP contribution is -2.46. The number of nitrogens with one attached hydrogen (secondary N) is 1. The number of aromatic nitrogens is 4. The average molecular weight is 558 g/mol. The number of hydrogen-bond acceptors (Lipinski definition) is 9. The van der Waals surface area contributed by atoms with Gasteiger partial charge in [0.05, 0.1) is 12.4 Å². The van der Waals surface area contributed by atoms with Crippen LogP contribution in [0.4, 0.5) is 4.79 Å². The van der Waals surface area contributed by atoms with Gasteiger partial charge in [0, 0.05) is 30.7 Å². The summed E-state index contributed by atoms with van der Waals surface area (Å²) in [6.45, 7) is 11.8. The Morgan fingerprint density at radius 1 is 0.829 bits per heavy atom. The van der Waals surface area contributed by atoms with Gasteiger partial charge in [-0.15, -0.1) is 0 Å². The minimum Gasteiger partial charge on any atom is -0.490 e. The molecule has 2 aromatic carbocycles. The van der Waals surface area contributed by atoms with Gasteiger partial charge in [0.2, 0.25) is 17.5 Å². The van der Waals surface area contributed by atoms with E-state index in [1.165, 1.54) is 0 Å². The van der Waals surface area contributed by atoms with Crippen molar-refractivity contribution in [3.63, 3.8) is 0 Å². The van der Waals surface area contributed by atoms with Crippen molar-refractivity contribution >= 4 is 6.09 Å². The fraction of sp³-hybridized carbons (Fsp3) is 0.387. The molecule has 10 nitrogen and oxygen atoms in total. The molecule has 0 saturated heterocycles. The number of carbonyl (C=O) groups excluding carboxylic acids is 1. The number of carbonyl (C=O) groups is 1. The lowest BCUT2D eigenvalue weighted by atomic mass is 9.78. The third kappa shape index (κ3) is 7.00. The van der Waals surface area contributed by atoms with Crippen molar-refractivity contribution in [1.82, 2.24) is 25.4 Å². The summed E-state index contributed by atoms with van der Waals surface area (Å²) in [4.78, 5) is 24.6. The van der Waals surface area contributed by atoms with Crippen molar-refractivity contribution in [1.29, 1.82) is 0 Å². The van der Waals surface area contributed by atoms with E-state index in [2.05, 4.69) is 63.5 Å². The molecular weight excluding hydrogens is 522 g/mol. The van der Waals surface area contributed by atoms with E-state index in [1.54, 1.807) is 19.3 Å². The summed E-state index contributed by atoms with van der Waals surface area (Å²) in [6, 6.07) is 16.1. The summed E-state index contributed by atoms with van der Waals surface area (Å²) in [5, 5.41) is 6.64. The summed E-state index contributed by atoms with van der Waals surface area (Å²) in [7, 11) is 0. The SMILES string of the molecule is Cc1nc(-c2ncc(Oc3ccc(C(C)(C)c4ccc(OC5CC(OC(=O)NC(C)(C)C)C5)cc4)cc3)cn2)no1. The Hall–Kier alpha value is -4.47. The molecule has 1 amide bonds. The van der Waals surface area contributed by atoms with Gasteiger partial charge in [0.25, 0.3) is 0 Å². The molecule has 10 heteroatoms. The summed E-state index contributed by atoms with van der Waals surface area (Å²) in [6.07, 6.45) is 4.08. The van der Waals surface area contributed by atoms with Gasteiger partial charge in [-0.2, -0.15) is 4.98 Å². The van der Waals surface area contributed by atoms with Crippen molar-refractivity contribution < 1.29 is 23.5 Å². The monoisotopic (exact) mass is 557 g/mol. The Labute approximate surface area is 239 Å². The van der Waals surface area contributed by atoms with E-state index in [0.717, 1.165) is 16.9 Å². The van der Waals surface area contributed by atoms with E-state index >= 15 is 0 Å². The molecule has 4 aromatic rings. The molecule has 5 rings (SSSR count). The number of ether oxygens (including phenoxy) is 3. The highest BCUT2D eigenvalue weighted by Gasteiger charge is 2.34. The molecule has 1 saturated carbocycles.